The second-order valence-corrected chi connectivity index (χ2v) is 3.81. The van der Waals surface area contributed by atoms with Crippen molar-refractivity contribution in [2.24, 2.45) is 0 Å². The minimum atomic E-state index is -0.451. The van der Waals surface area contributed by atoms with Gasteiger partial charge in [-0.25, -0.2) is 4.79 Å². The number of benzene rings is 1. The molecule has 14 heavy (non-hydrogen) atoms. The molecule has 0 saturated carbocycles. The lowest BCUT2D eigenvalue weighted by molar-refractivity contribution is 0.0598. The number of carbonyl (C=O) groups is 1. The number of rotatable bonds is 1. The van der Waals surface area contributed by atoms with Crippen molar-refractivity contribution in [3.05, 3.63) is 27.2 Å². The third kappa shape index (κ3) is 1.75. The van der Waals surface area contributed by atoms with Crippen molar-refractivity contribution < 1.29 is 14.6 Å². The Hall–Kier alpha value is -1.03. The van der Waals surface area contributed by atoms with Crippen molar-refractivity contribution in [2.75, 3.05) is 7.11 Å². The summed E-state index contributed by atoms with van der Waals surface area (Å²) in [6.07, 6.45) is 0. The molecule has 4 heteroatoms. The summed E-state index contributed by atoms with van der Waals surface area (Å²) in [4.78, 5) is 11.4. The summed E-state index contributed by atoms with van der Waals surface area (Å²) in [7, 11) is 1.31. The first kappa shape index (κ1) is 11.0. The number of phenolic OH excluding ortho intramolecular Hbond substituents is 1. The van der Waals surface area contributed by atoms with Crippen LogP contribution in [-0.4, -0.2) is 18.2 Å². The molecule has 76 valence electrons. The number of phenols is 1. The molecule has 0 aromatic heterocycles. The maximum absolute atomic E-state index is 11.4. The van der Waals surface area contributed by atoms with E-state index in [9.17, 15) is 9.90 Å². The van der Waals surface area contributed by atoms with E-state index in [2.05, 4.69) is 20.7 Å². The molecular formula is C10H11BrO3. The molecule has 0 heterocycles. The van der Waals surface area contributed by atoms with Gasteiger partial charge in [-0.3, -0.25) is 0 Å². The van der Waals surface area contributed by atoms with E-state index >= 15 is 0 Å². The summed E-state index contributed by atoms with van der Waals surface area (Å²) in [5.41, 5.74) is 2.04. The Bertz CT molecular complexity index is 359. The van der Waals surface area contributed by atoms with Crippen molar-refractivity contribution in [1.29, 1.82) is 0 Å². The van der Waals surface area contributed by atoms with Crippen molar-refractivity contribution in [1.82, 2.24) is 0 Å². The second kappa shape index (κ2) is 4.00. The Labute approximate surface area is 90.8 Å². The van der Waals surface area contributed by atoms with Crippen LogP contribution in [0.3, 0.4) is 0 Å². The fourth-order valence-electron chi connectivity index (χ4n) is 1.21. The number of aromatic hydroxyl groups is 1. The van der Waals surface area contributed by atoms with Crippen LogP contribution in [0.5, 0.6) is 5.75 Å². The predicted octanol–water partition coefficient (Wildman–Crippen LogP) is 2.56. The van der Waals surface area contributed by atoms with Crippen LogP contribution in [-0.2, 0) is 4.74 Å². The van der Waals surface area contributed by atoms with Gasteiger partial charge < -0.3 is 9.84 Å². The topological polar surface area (TPSA) is 46.5 Å². The average molecular weight is 259 g/mol. The summed E-state index contributed by atoms with van der Waals surface area (Å²) in [5, 5.41) is 9.50. The summed E-state index contributed by atoms with van der Waals surface area (Å²) in [6.45, 7) is 3.64. The van der Waals surface area contributed by atoms with Crippen molar-refractivity contribution >= 4 is 21.9 Å². The van der Waals surface area contributed by atoms with Gasteiger partial charge >= 0.3 is 5.97 Å². The van der Waals surface area contributed by atoms with Crippen molar-refractivity contribution in [2.45, 2.75) is 13.8 Å². The average Bonchev–Trinajstić information content (AvgIpc) is 2.15. The third-order valence-corrected chi connectivity index (χ3v) is 2.96. The first-order valence-corrected chi connectivity index (χ1v) is 4.85. The molecule has 0 fully saturated rings. The van der Waals surface area contributed by atoms with E-state index in [1.807, 2.05) is 13.8 Å². The first-order chi connectivity index (χ1) is 6.49. The minimum absolute atomic E-state index is 0.0495. The van der Waals surface area contributed by atoms with Gasteiger partial charge in [0.05, 0.1) is 17.1 Å². The molecule has 0 bridgehead atoms. The molecule has 0 aliphatic carbocycles. The Balaban J connectivity index is 3.47. The molecule has 0 saturated heterocycles. The Morgan fingerprint density at radius 2 is 2.07 bits per heavy atom. The molecule has 3 nitrogen and oxygen atoms in total. The third-order valence-electron chi connectivity index (χ3n) is 2.15. The van der Waals surface area contributed by atoms with Gasteiger partial charge in [0.2, 0.25) is 0 Å². The highest BCUT2D eigenvalue weighted by Gasteiger charge is 2.18. The highest BCUT2D eigenvalue weighted by Crippen LogP contribution is 2.32. The molecular weight excluding hydrogens is 248 g/mol. The van der Waals surface area contributed by atoms with Crippen LogP contribution < -0.4 is 0 Å². The van der Waals surface area contributed by atoms with E-state index in [1.165, 1.54) is 7.11 Å². The summed E-state index contributed by atoms with van der Waals surface area (Å²) in [5.74, 6) is -0.401. The van der Waals surface area contributed by atoms with Crippen LogP contribution in [0.4, 0.5) is 0 Å². The molecule has 0 amide bonds. The van der Waals surface area contributed by atoms with E-state index in [-0.39, 0.29) is 5.75 Å². The van der Waals surface area contributed by atoms with Gasteiger partial charge in [0, 0.05) is 0 Å². The van der Waals surface area contributed by atoms with Gasteiger partial charge in [-0.05, 0) is 47.0 Å². The number of hydrogen-bond acceptors (Lipinski definition) is 3. The number of halogens is 1. The van der Waals surface area contributed by atoms with E-state index < -0.39 is 5.97 Å². The highest BCUT2D eigenvalue weighted by atomic mass is 79.9. The molecule has 0 spiro atoms. The number of ether oxygens (including phenoxy) is 1. The molecule has 0 unspecified atom stereocenters. The largest absolute Gasteiger partial charge is 0.507 e. The van der Waals surface area contributed by atoms with Crippen LogP contribution in [0, 0.1) is 13.8 Å². The molecule has 0 radical (unpaired) electrons. The Kier molecular flexibility index (Phi) is 3.16. The molecule has 1 rings (SSSR count). The van der Waals surface area contributed by atoms with Gasteiger partial charge in [0.1, 0.15) is 5.75 Å². The molecule has 0 aliphatic heterocycles. The Morgan fingerprint density at radius 1 is 1.50 bits per heavy atom. The summed E-state index contributed by atoms with van der Waals surface area (Å²) < 4.78 is 5.01. The van der Waals surface area contributed by atoms with Crippen LogP contribution >= 0.6 is 15.9 Å². The van der Waals surface area contributed by atoms with Crippen LogP contribution in [0.15, 0.2) is 10.5 Å². The van der Waals surface area contributed by atoms with Crippen molar-refractivity contribution in [3.8, 4) is 5.75 Å². The van der Waals surface area contributed by atoms with Gasteiger partial charge in [-0.15, -0.1) is 0 Å². The lowest BCUT2D eigenvalue weighted by Gasteiger charge is -2.10. The fraction of sp³-hybridized carbons (Fsp3) is 0.300. The summed E-state index contributed by atoms with van der Waals surface area (Å²) >= 11 is 3.16. The maximum atomic E-state index is 11.4. The fourth-order valence-corrected chi connectivity index (χ4v) is 1.79. The SMILES string of the molecule is COC(=O)c1c(C)c(C)cc(O)c1Br. The smallest absolute Gasteiger partial charge is 0.339 e. The zero-order chi connectivity index (χ0) is 10.9. The molecule has 1 aromatic rings. The van der Waals surface area contributed by atoms with E-state index in [4.69, 9.17) is 0 Å². The number of aryl methyl sites for hydroxylation is 1. The van der Waals surface area contributed by atoms with E-state index in [0.29, 0.717) is 10.0 Å². The quantitative estimate of drug-likeness (QED) is 0.788. The van der Waals surface area contributed by atoms with Gasteiger partial charge in [-0.2, -0.15) is 0 Å². The second-order valence-electron chi connectivity index (χ2n) is 3.02. The van der Waals surface area contributed by atoms with Gasteiger partial charge in [0.15, 0.2) is 0 Å². The lowest BCUT2D eigenvalue weighted by atomic mass is 10.0. The zero-order valence-electron chi connectivity index (χ0n) is 8.22. The summed E-state index contributed by atoms with van der Waals surface area (Å²) in [6, 6.07) is 1.60. The number of carbonyl (C=O) groups excluding carboxylic acids is 1. The van der Waals surface area contributed by atoms with E-state index in [0.717, 1.165) is 11.1 Å². The maximum Gasteiger partial charge on any atom is 0.339 e. The molecule has 0 atom stereocenters. The van der Waals surface area contributed by atoms with Crippen LogP contribution in [0.1, 0.15) is 21.5 Å². The Morgan fingerprint density at radius 3 is 2.57 bits per heavy atom. The standard InChI is InChI=1S/C10H11BrO3/c1-5-4-7(12)9(11)8(6(5)2)10(13)14-3/h4,12H,1-3H3. The monoisotopic (exact) mass is 258 g/mol. The first-order valence-electron chi connectivity index (χ1n) is 4.06. The highest BCUT2D eigenvalue weighted by molar-refractivity contribution is 9.10. The molecule has 0 aliphatic rings. The van der Waals surface area contributed by atoms with Gasteiger partial charge in [-0.1, -0.05) is 0 Å². The van der Waals surface area contributed by atoms with E-state index in [1.54, 1.807) is 6.07 Å². The number of hydrogen-bond donors (Lipinski definition) is 1. The van der Waals surface area contributed by atoms with Crippen LogP contribution in [0.2, 0.25) is 0 Å². The van der Waals surface area contributed by atoms with Crippen LogP contribution in [0.25, 0.3) is 0 Å². The number of esters is 1. The van der Waals surface area contributed by atoms with Gasteiger partial charge in [0.25, 0.3) is 0 Å². The predicted molar refractivity (Wildman–Crippen MR) is 56.6 cm³/mol. The zero-order valence-corrected chi connectivity index (χ0v) is 9.81. The number of methoxy groups -OCH3 is 1. The normalized spacial score (nSPS) is 10.0. The molecule has 1 aromatic carbocycles. The minimum Gasteiger partial charge on any atom is -0.507 e. The van der Waals surface area contributed by atoms with Crippen molar-refractivity contribution in [3.63, 3.8) is 0 Å². The lowest BCUT2D eigenvalue weighted by Crippen LogP contribution is -2.06. The molecule has 1 N–H and O–H groups in total.